The van der Waals surface area contributed by atoms with Crippen LogP contribution in [-0.2, 0) is 0 Å². The van der Waals surface area contributed by atoms with Crippen LogP contribution in [0.25, 0.3) is 0 Å². The minimum Gasteiger partial charge on any atom is -0.381 e. The van der Waals surface area contributed by atoms with Gasteiger partial charge in [-0.25, -0.2) is 0 Å². The molecule has 0 aliphatic carbocycles. The molecule has 2 N–H and O–H groups in total. The summed E-state index contributed by atoms with van der Waals surface area (Å²) >= 11 is 3.30. The third-order valence-electron chi connectivity index (χ3n) is 2.54. The number of rotatable bonds is 2. The van der Waals surface area contributed by atoms with Crippen molar-refractivity contribution in [3.8, 4) is 0 Å². The lowest BCUT2D eigenvalue weighted by atomic mass is 10.0. The maximum atomic E-state index is 11.5. The van der Waals surface area contributed by atoms with Crippen LogP contribution >= 0.6 is 15.9 Å². The van der Waals surface area contributed by atoms with Crippen molar-refractivity contribution in [1.82, 2.24) is 0 Å². The molecule has 0 atom stereocenters. The number of anilines is 2. The average Bonchev–Trinajstić information content (AvgIpc) is 2.28. The summed E-state index contributed by atoms with van der Waals surface area (Å²) in [6.45, 7) is 2.99. The molecule has 0 bridgehead atoms. The summed E-state index contributed by atoms with van der Waals surface area (Å²) in [5.74, 6) is -0.0226. The van der Waals surface area contributed by atoms with Gasteiger partial charge in [-0.15, -0.1) is 0 Å². The number of hydrogen-bond donors (Lipinski definition) is 2. The van der Waals surface area contributed by atoms with Crippen molar-refractivity contribution >= 4 is 39.4 Å². The quantitative estimate of drug-likeness (QED) is 0.646. The van der Waals surface area contributed by atoms with Crippen LogP contribution in [0.4, 0.5) is 11.4 Å². The standard InChI is InChI=1S/C11H11BrN2O2/c1-6(16)7-4-9(12)8(5-15)11-10(7)13-2-3-14-11/h4-5,13-14H,2-3H2,1H3. The Bertz CT molecular complexity index is 472. The van der Waals surface area contributed by atoms with Gasteiger partial charge in [-0.2, -0.15) is 0 Å². The molecule has 1 heterocycles. The van der Waals surface area contributed by atoms with Crippen LogP contribution in [0.15, 0.2) is 10.5 Å². The van der Waals surface area contributed by atoms with Gasteiger partial charge in [-0.05, 0) is 28.9 Å². The number of ketones is 1. The van der Waals surface area contributed by atoms with Gasteiger partial charge >= 0.3 is 0 Å². The third kappa shape index (κ3) is 1.71. The number of carbonyl (C=O) groups excluding carboxylic acids is 2. The highest BCUT2D eigenvalue weighted by Crippen LogP contribution is 2.36. The van der Waals surface area contributed by atoms with E-state index in [1.54, 1.807) is 6.07 Å². The Kier molecular flexibility index (Phi) is 2.96. The largest absolute Gasteiger partial charge is 0.381 e. The molecule has 0 amide bonds. The topological polar surface area (TPSA) is 58.2 Å². The molecule has 1 aliphatic rings. The van der Waals surface area contributed by atoms with E-state index in [0.717, 1.165) is 25.1 Å². The maximum Gasteiger partial charge on any atom is 0.161 e. The number of hydrogen-bond acceptors (Lipinski definition) is 4. The zero-order valence-corrected chi connectivity index (χ0v) is 10.3. The van der Waals surface area contributed by atoms with Gasteiger partial charge in [0.1, 0.15) is 0 Å². The minimum atomic E-state index is -0.0226. The van der Waals surface area contributed by atoms with E-state index in [1.807, 2.05) is 0 Å². The first-order valence-corrected chi connectivity index (χ1v) is 5.74. The zero-order valence-electron chi connectivity index (χ0n) is 8.76. The number of Topliss-reactive ketones (excluding diaryl/α,β-unsaturated/α-hetero) is 1. The Balaban J connectivity index is 2.71. The molecule has 0 saturated carbocycles. The van der Waals surface area contributed by atoms with Crippen molar-refractivity contribution in [2.75, 3.05) is 23.7 Å². The Hall–Kier alpha value is -1.36. The molecule has 5 heteroatoms. The predicted molar refractivity (Wildman–Crippen MR) is 66.5 cm³/mol. The number of carbonyl (C=O) groups is 2. The van der Waals surface area contributed by atoms with Gasteiger partial charge in [0.25, 0.3) is 0 Å². The van der Waals surface area contributed by atoms with E-state index in [-0.39, 0.29) is 5.78 Å². The minimum absolute atomic E-state index is 0.0226. The van der Waals surface area contributed by atoms with Crippen molar-refractivity contribution < 1.29 is 9.59 Å². The summed E-state index contributed by atoms with van der Waals surface area (Å²) in [6, 6.07) is 1.69. The molecular weight excluding hydrogens is 272 g/mol. The summed E-state index contributed by atoms with van der Waals surface area (Å²) in [4.78, 5) is 22.5. The van der Waals surface area contributed by atoms with E-state index < -0.39 is 0 Å². The lowest BCUT2D eigenvalue weighted by molar-refractivity contribution is 0.101. The second-order valence-corrected chi connectivity index (χ2v) is 4.45. The van der Waals surface area contributed by atoms with E-state index in [4.69, 9.17) is 0 Å². The van der Waals surface area contributed by atoms with Crippen LogP contribution in [0.2, 0.25) is 0 Å². The second kappa shape index (κ2) is 4.25. The molecule has 0 radical (unpaired) electrons. The Morgan fingerprint density at radius 2 is 2.00 bits per heavy atom. The summed E-state index contributed by atoms with van der Waals surface area (Å²) in [7, 11) is 0. The van der Waals surface area contributed by atoms with E-state index in [9.17, 15) is 9.59 Å². The van der Waals surface area contributed by atoms with Crippen LogP contribution in [0, 0.1) is 0 Å². The predicted octanol–water partition coefficient (Wildman–Crippen LogP) is 2.30. The number of benzene rings is 1. The molecule has 0 fully saturated rings. The van der Waals surface area contributed by atoms with Gasteiger partial charge in [-0.3, -0.25) is 9.59 Å². The smallest absolute Gasteiger partial charge is 0.161 e. The summed E-state index contributed by atoms with van der Waals surface area (Å²) in [5, 5.41) is 6.29. The summed E-state index contributed by atoms with van der Waals surface area (Å²) < 4.78 is 0.641. The first-order valence-electron chi connectivity index (χ1n) is 4.95. The second-order valence-electron chi connectivity index (χ2n) is 3.60. The molecule has 0 spiro atoms. The SMILES string of the molecule is CC(=O)c1cc(Br)c(C=O)c2c1NCCN2. The molecule has 0 saturated heterocycles. The van der Waals surface area contributed by atoms with E-state index in [2.05, 4.69) is 26.6 Å². The lowest BCUT2D eigenvalue weighted by Gasteiger charge is -2.24. The number of halogens is 1. The first-order chi connectivity index (χ1) is 7.65. The fraction of sp³-hybridized carbons (Fsp3) is 0.273. The Morgan fingerprint density at radius 3 is 2.56 bits per heavy atom. The van der Waals surface area contributed by atoms with Crippen LogP contribution in [0.5, 0.6) is 0 Å². The van der Waals surface area contributed by atoms with Crippen molar-refractivity contribution in [2.45, 2.75) is 6.92 Å². The van der Waals surface area contributed by atoms with Crippen LogP contribution in [0.3, 0.4) is 0 Å². The van der Waals surface area contributed by atoms with Crippen LogP contribution < -0.4 is 10.6 Å². The fourth-order valence-corrected chi connectivity index (χ4v) is 2.32. The Labute approximate surface area is 102 Å². The molecule has 16 heavy (non-hydrogen) atoms. The van der Waals surface area contributed by atoms with Crippen LogP contribution in [-0.4, -0.2) is 25.2 Å². The molecule has 2 rings (SSSR count). The first kappa shape index (κ1) is 11.1. The van der Waals surface area contributed by atoms with Gasteiger partial charge in [0.05, 0.1) is 16.9 Å². The summed E-state index contributed by atoms with van der Waals surface area (Å²) in [5.41, 5.74) is 2.58. The fourth-order valence-electron chi connectivity index (χ4n) is 1.80. The molecule has 1 aromatic carbocycles. The molecular formula is C11H11BrN2O2. The maximum absolute atomic E-state index is 11.5. The monoisotopic (exact) mass is 282 g/mol. The number of aldehydes is 1. The lowest BCUT2D eigenvalue weighted by Crippen LogP contribution is -2.23. The van der Waals surface area contributed by atoms with E-state index in [1.165, 1.54) is 6.92 Å². The van der Waals surface area contributed by atoms with Crippen molar-refractivity contribution in [3.05, 3.63) is 21.7 Å². The highest BCUT2D eigenvalue weighted by Gasteiger charge is 2.20. The third-order valence-corrected chi connectivity index (χ3v) is 3.20. The van der Waals surface area contributed by atoms with E-state index in [0.29, 0.717) is 21.3 Å². The molecule has 0 unspecified atom stereocenters. The van der Waals surface area contributed by atoms with Gasteiger partial charge in [0.2, 0.25) is 0 Å². The molecule has 4 nitrogen and oxygen atoms in total. The molecule has 84 valence electrons. The van der Waals surface area contributed by atoms with Crippen molar-refractivity contribution in [1.29, 1.82) is 0 Å². The zero-order chi connectivity index (χ0) is 11.7. The van der Waals surface area contributed by atoms with E-state index >= 15 is 0 Å². The molecule has 0 aromatic heterocycles. The van der Waals surface area contributed by atoms with Gasteiger partial charge < -0.3 is 10.6 Å². The number of nitrogens with one attached hydrogen (secondary N) is 2. The van der Waals surface area contributed by atoms with Crippen molar-refractivity contribution in [3.63, 3.8) is 0 Å². The normalized spacial score (nSPS) is 13.4. The average molecular weight is 283 g/mol. The number of fused-ring (bicyclic) bond motifs is 1. The van der Waals surface area contributed by atoms with Gasteiger partial charge in [0, 0.05) is 23.1 Å². The summed E-state index contributed by atoms with van der Waals surface area (Å²) in [6.07, 6.45) is 0.785. The highest BCUT2D eigenvalue weighted by molar-refractivity contribution is 9.10. The van der Waals surface area contributed by atoms with Gasteiger partial charge in [0.15, 0.2) is 12.1 Å². The van der Waals surface area contributed by atoms with Gasteiger partial charge in [-0.1, -0.05) is 0 Å². The Morgan fingerprint density at radius 1 is 1.38 bits per heavy atom. The molecule has 1 aliphatic heterocycles. The highest BCUT2D eigenvalue weighted by atomic mass is 79.9. The van der Waals surface area contributed by atoms with Crippen molar-refractivity contribution in [2.24, 2.45) is 0 Å². The van der Waals surface area contributed by atoms with Crippen LogP contribution in [0.1, 0.15) is 27.6 Å². The molecule has 1 aromatic rings.